The predicted molar refractivity (Wildman–Crippen MR) is 136 cm³/mol. The maximum absolute atomic E-state index is 5.61. The van der Waals surface area contributed by atoms with Gasteiger partial charge in [0.15, 0.2) is 11.0 Å². The lowest BCUT2D eigenvalue weighted by Gasteiger charge is -2.13. The summed E-state index contributed by atoms with van der Waals surface area (Å²) in [5.41, 5.74) is 5.92. The molecule has 0 N–H and O–H groups in total. The molecule has 5 aromatic rings. The number of aromatic nitrogens is 5. The van der Waals surface area contributed by atoms with Gasteiger partial charge in [0.2, 0.25) is 0 Å². The van der Waals surface area contributed by atoms with Crippen molar-refractivity contribution in [2.24, 2.45) is 0 Å². The third-order valence-electron chi connectivity index (χ3n) is 5.71. The Morgan fingerprint density at radius 2 is 1.53 bits per heavy atom. The van der Waals surface area contributed by atoms with E-state index in [4.69, 9.17) is 14.7 Å². The highest BCUT2D eigenvalue weighted by molar-refractivity contribution is 7.98. The van der Waals surface area contributed by atoms with Crippen LogP contribution in [0.5, 0.6) is 5.75 Å². The van der Waals surface area contributed by atoms with Crippen molar-refractivity contribution < 1.29 is 4.74 Å². The molecule has 0 amide bonds. The van der Waals surface area contributed by atoms with Crippen molar-refractivity contribution in [3.8, 4) is 17.1 Å². The number of para-hydroxylation sites is 3. The number of hydrogen-bond acceptors (Lipinski definition) is 6. The molecule has 0 saturated carbocycles. The minimum absolute atomic E-state index is 0.666. The van der Waals surface area contributed by atoms with Gasteiger partial charge in [0.25, 0.3) is 0 Å². The molecule has 170 valence electrons. The zero-order valence-corrected chi connectivity index (χ0v) is 20.0. The molecule has 0 atom stereocenters. The first kappa shape index (κ1) is 22.1. The Labute approximate surface area is 203 Å². The highest BCUT2D eigenvalue weighted by Crippen LogP contribution is 2.32. The van der Waals surface area contributed by atoms with E-state index in [9.17, 15) is 0 Å². The van der Waals surface area contributed by atoms with Gasteiger partial charge in [-0.05, 0) is 43.2 Å². The van der Waals surface area contributed by atoms with Crippen molar-refractivity contribution in [1.29, 1.82) is 0 Å². The number of rotatable bonds is 8. The summed E-state index contributed by atoms with van der Waals surface area (Å²) in [6, 6.07) is 26.4. The Morgan fingerprint density at radius 3 is 2.32 bits per heavy atom. The fourth-order valence-electron chi connectivity index (χ4n) is 3.91. The zero-order chi connectivity index (χ0) is 23.3. The number of methoxy groups -OCH3 is 1. The molecule has 2 heterocycles. The lowest BCUT2D eigenvalue weighted by atomic mass is 10.1. The van der Waals surface area contributed by atoms with Gasteiger partial charge in [-0.2, -0.15) is 0 Å². The van der Waals surface area contributed by atoms with Crippen LogP contribution < -0.4 is 4.74 Å². The molecule has 0 aliphatic rings. The standard InChI is InChI=1S/C27H25N5OS/c1-19-24(29-23-14-8-7-13-22(23)28-19)18-34-27-31-30-26(21-12-6-9-15-25(21)33-2)32(27)17-16-20-10-4-3-5-11-20/h3-15H,16-18H2,1-2H3. The number of hydrogen-bond donors (Lipinski definition) is 0. The number of ether oxygens (including phenoxy) is 1. The summed E-state index contributed by atoms with van der Waals surface area (Å²) in [4.78, 5) is 9.57. The van der Waals surface area contributed by atoms with Gasteiger partial charge >= 0.3 is 0 Å². The molecular weight excluding hydrogens is 442 g/mol. The molecule has 0 saturated heterocycles. The smallest absolute Gasteiger partial charge is 0.191 e. The molecule has 34 heavy (non-hydrogen) atoms. The van der Waals surface area contributed by atoms with E-state index in [1.807, 2.05) is 61.5 Å². The quantitative estimate of drug-likeness (QED) is 0.271. The fraction of sp³-hybridized carbons (Fsp3) is 0.185. The first-order valence-electron chi connectivity index (χ1n) is 11.2. The molecular formula is C27H25N5OS. The largest absolute Gasteiger partial charge is 0.496 e. The van der Waals surface area contributed by atoms with Gasteiger partial charge in [-0.3, -0.25) is 0 Å². The van der Waals surface area contributed by atoms with Crippen LogP contribution in [0.1, 0.15) is 17.0 Å². The van der Waals surface area contributed by atoms with E-state index in [2.05, 4.69) is 39.0 Å². The Hall–Kier alpha value is -3.71. The third-order valence-corrected chi connectivity index (χ3v) is 6.69. The van der Waals surface area contributed by atoms with Crippen molar-refractivity contribution in [2.45, 2.75) is 30.8 Å². The zero-order valence-electron chi connectivity index (χ0n) is 19.2. The van der Waals surface area contributed by atoms with E-state index in [1.165, 1.54) is 5.56 Å². The molecule has 0 aliphatic carbocycles. The van der Waals surface area contributed by atoms with Crippen LogP contribution in [0.2, 0.25) is 0 Å². The van der Waals surface area contributed by atoms with Gasteiger partial charge < -0.3 is 9.30 Å². The van der Waals surface area contributed by atoms with E-state index in [-0.39, 0.29) is 0 Å². The lowest BCUT2D eigenvalue weighted by molar-refractivity contribution is 0.415. The fourth-order valence-corrected chi connectivity index (χ4v) is 4.88. The number of aryl methyl sites for hydroxylation is 2. The van der Waals surface area contributed by atoms with E-state index in [0.29, 0.717) is 5.75 Å². The predicted octanol–water partition coefficient (Wildman–Crippen LogP) is 5.74. The van der Waals surface area contributed by atoms with Crippen LogP contribution in [0.15, 0.2) is 84.0 Å². The van der Waals surface area contributed by atoms with Gasteiger partial charge in [0.05, 0.1) is 35.1 Å². The molecule has 0 unspecified atom stereocenters. The summed E-state index contributed by atoms with van der Waals surface area (Å²) in [5, 5.41) is 9.98. The first-order chi connectivity index (χ1) is 16.7. The molecule has 0 bridgehead atoms. The van der Waals surface area contributed by atoms with Crippen LogP contribution in [0.4, 0.5) is 0 Å². The second-order valence-corrected chi connectivity index (χ2v) is 8.87. The van der Waals surface area contributed by atoms with Gasteiger partial charge in [-0.15, -0.1) is 10.2 Å². The van der Waals surface area contributed by atoms with Crippen LogP contribution in [0, 0.1) is 6.92 Å². The third kappa shape index (κ3) is 4.65. The van der Waals surface area contributed by atoms with Crippen molar-refractivity contribution >= 4 is 22.8 Å². The summed E-state index contributed by atoms with van der Waals surface area (Å²) in [6.45, 7) is 2.77. The normalized spacial score (nSPS) is 11.1. The van der Waals surface area contributed by atoms with Gasteiger partial charge in [-0.1, -0.05) is 66.4 Å². The second kappa shape index (κ2) is 10.1. The summed E-state index contributed by atoms with van der Waals surface area (Å²) >= 11 is 1.63. The Morgan fingerprint density at radius 1 is 0.824 bits per heavy atom. The Balaban J connectivity index is 1.46. The minimum atomic E-state index is 0.666. The summed E-state index contributed by atoms with van der Waals surface area (Å²) in [6.07, 6.45) is 0.878. The lowest BCUT2D eigenvalue weighted by Crippen LogP contribution is -2.06. The molecule has 5 rings (SSSR count). The SMILES string of the molecule is COc1ccccc1-c1nnc(SCc2nc3ccccc3nc2C)n1CCc1ccccc1. The van der Waals surface area contributed by atoms with E-state index in [0.717, 1.165) is 57.7 Å². The monoisotopic (exact) mass is 467 g/mol. The molecule has 0 radical (unpaired) electrons. The minimum Gasteiger partial charge on any atom is -0.496 e. The average Bonchev–Trinajstić information content (AvgIpc) is 3.29. The van der Waals surface area contributed by atoms with Crippen LogP contribution in [0.3, 0.4) is 0 Å². The number of fused-ring (bicyclic) bond motifs is 1. The molecule has 0 spiro atoms. The van der Waals surface area contributed by atoms with Crippen LogP contribution in [-0.4, -0.2) is 31.8 Å². The Kier molecular flexibility index (Phi) is 6.53. The molecule has 7 heteroatoms. The topological polar surface area (TPSA) is 65.7 Å². The van der Waals surface area contributed by atoms with Gasteiger partial charge in [0, 0.05) is 12.3 Å². The molecule has 3 aromatic carbocycles. The van der Waals surface area contributed by atoms with Crippen LogP contribution in [0.25, 0.3) is 22.4 Å². The molecule has 6 nitrogen and oxygen atoms in total. The average molecular weight is 468 g/mol. The summed E-state index contributed by atoms with van der Waals surface area (Å²) < 4.78 is 7.79. The van der Waals surface area contributed by atoms with Crippen molar-refractivity contribution in [3.63, 3.8) is 0 Å². The van der Waals surface area contributed by atoms with E-state index < -0.39 is 0 Å². The van der Waals surface area contributed by atoms with Gasteiger partial charge in [-0.25, -0.2) is 9.97 Å². The molecule has 2 aromatic heterocycles. The molecule has 0 fully saturated rings. The van der Waals surface area contributed by atoms with Crippen LogP contribution in [-0.2, 0) is 18.7 Å². The number of benzene rings is 3. The summed E-state index contributed by atoms with van der Waals surface area (Å²) in [5.74, 6) is 2.25. The highest BCUT2D eigenvalue weighted by Gasteiger charge is 2.18. The molecule has 0 aliphatic heterocycles. The van der Waals surface area contributed by atoms with Crippen molar-refractivity contribution in [1.82, 2.24) is 24.7 Å². The van der Waals surface area contributed by atoms with Crippen LogP contribution >= 0.6 is 11.8 Å². The highest BCUT2D eigenvalue weighted by atomic mass is 32.2. The second-order valence-electron chi connectivity index (χ2n) is 7.93. The number of thioether (sulfide) groups is 1. The van der Waals surface area contributed by atoms with Crippen molar-refractivity contribution in [3.05, 3.63) is 95.8 Å². The van der Waals surface area contributed by atoms with Crippen molar-refractivity contribution in [2.75, 3.05) is 7.11 Å². The Bertz CT molecular complexity index is 1420. The maximum atomic E-state index is 5.61. The maximum Gasteiger partial charge on any atom is 0.191 e. The van der Waals surface area contributed by atoms with Gasteiger partial charge in [0.1, 0.15) is 5.75 Å². The number of nitrogens with zero attached hydrogens (tertiary/aromatic N) is 5. The van der Waals surface area contributed by atoms with E-state index in [1.54, 1.807) is 18.9 Å². The summed E-state index contributed by atoms with van der Waals surface area (Å²) in [7, 11) is 1.68. The first-order valence-corrected chi connectivity index (χ1v) is 12.2. The van der Waals surface area contributed by atoms with E-state index >= 15 is 0 Å².